The highest BCUT2D eigenvalue weighted by Crippen LogP contribution is 2.17. The lowest BCUT2D eigenvalue weighted by atomic mass is 10.0. The number of hydrogen-bond acceptors (Lipinski definition) is 5. The van der Waals surface area contributed by atoms with Gasteiger partial charge in [-0.1, -0.05) is 241 Å². The van der Waals surface area contributed by atoms with Crippen LogP contribution < -0.4 is 5.32 Å². The third-order valence-electron chi connectivity index (χ3n) is 12.6. The summed E-state index contributed by atoms with van der Waals surface area (Å²) in [6.45, 7) is 6.43. The summed E-state index contributed by atoms with van der Waals surface area (Å²) in [7, 11) is 0. The molecule has 3 N–H and O–H groups in total. The van der Waals surface area contributed by atoms with Gasteiger partial charge >= 0.3 is 5.97 Å². The fraction of sp³-hybridized carbons (Fsp3) is 0.767. The second kappa shape index (κ2) is 53.3. The number of ether oxygens (including phenoxy) is 1. The summed E-state index contributed by atoms with van der Waals surface area (Å²) < 4.78 is 5.94. The van der Waals surface area contributed by atoms with Crippen molar-refractivity contribution < 1.29 is 24.5 Å². The SMILES string of the molecule is CCCCC/C=C\C/C=C\C/C=C\CCCCCCCCC(=O)OC(CCCCC/C=C/C=C/C=C/CCCCCCC)CC(=O)NC(CO)C(O)CCCCCCCCCCCCCC. The zero-order chi connectivity index (χ0) is 48.1. The van der Waals surface area contributed by atoms with E-state index in [4.69, 9.17) is 4.74 Å². The maximum Gasteiger partial charge on any atom is 0.306 e. The molecule has 382 valence electrons. The lowest BCUT2D eigenvalue weighted by Gasteiger charge is -2.24. The maximum absolute atomic E-state index is 13.2. The molecule has 0 saturated heterocycles. The van der Waals surface area contributed by atoms with E-state index in [1.54, 1.807) is 0 Å². The Balaban J connectivity index is 4.66. The van der Waals surface area contributed by atoms with Crippen molar-refractivity contribution in [1.29, 1.82) is 0 Å². The van der Waals surface area contributed by atoms with Crippen LogP contribution in [0.5, 0.6) is 0 Å². The number of carbonyl (C=O) groups excluding carboxylic acids is 2. The minimum atomic E-state index is -0.802. The molecular formula is C60H107NO5. The van der Waals surface area contributed by atoms with Gasteiger partial charge in [0.25, 0.3) is 0 Å². The van der Waals surface area contributed by atoms with Crippen LogP contribution in [-0.2, 0) is 14.3 Å². The van der Waals surface area contributed by atoms with E-state index in [1.807, 2.05) is 0 Å². The van der Waals surface area contributed by atoms with Crippen molar-refractivity contribution in [3.63, 3.8) is 0 Å². The van der Waals surface area contributed by atoms with Gasteiger partial charge in [-0.15, -0.1) is 0 Å². The highest BCUT2D eigenvalue weighted by Gasteiger charge is 2.24. The first kappa shape index (κ1) is 63.3. The first-order chi connectivity index (χ1) is 32.5. The summed E-state index contributed by atoms with van der Waals surface area (Å²) in [5, 5.41) is 23.8. The Morgan fingerprint density at radius 3 is 1.33 bits per heavy atom. The van der Waals surface area contributed by atoms with Crippen molar-refractivity contribution in [1.82, 2.24) is 5.32 Å². The molecule has 0 aromatic carbocycles. The van der Waals surface area contributed by atoms with Gasteiger partial charge in [-0.3, -0.25) is 9.59 Å². The zero-order valence-electron chi connectivity index (χ0n) is 43.6. The number of aliphatic hydroxyl groups is 2. The van der Waals surface area contributed by atoms with Gasteiger partial charge in [-0.05, 0) is 89.9 Å². The molecule has 0 fully saturated rings. The molecule has 0 rings (SSSR count). The van der Waals surface area contributed by atoms with E-state index in [-0.39, 0.29) is 24.9 Å². The van der Waals surface area contributed by atoms with Gasteiger partial charge in [0.05, 0.1) is 25.2 Å². The van der Waals surface area contributed by atoms with E-state index < -0.39 is 18.2 Å². The van der Waals surface area contributed by atoms with Crippen LogP contribution in [0, 0.1) is 0 Å². The molecule has 0 aliphatic rings. The van der Waals surface area contributed by atoms with Crippen molar-refractivity contribution in [2.24, 2.45) is 0 Å². The molecule has 6 nitrogen and oxygen atoms in total. The summed E-state index contributed by atoms with van der Waals surface area (Å²) in [4.78, 5) is 26.2. The van der Waals surface area contributed by atoms with Crippen LogP contribution in [0.1, 0.15) is 271 Å². The standard InChI is InChI=1S/C60H107NO5/c1-4-7-10-13-16-19-22-25-27-29-30-31-33-35-38-41-44-47-50-53-60(65)66-56(51-48-45-42-39-36-34-32-28-26-23-20-17-14-11-8-5-2)54-59(64)61-57(55-62)58(63)52-49-46-43-40-37-24-21-18-15-12-9-6-3/h16,19,23,25-28,30-32,34,36,56-58,62-63H,4-15,17-18,20-22,24,29,33,35,37-55H2,1-3H3,(H,61,64)/b19-16-,26-23+,27-25-,31-30-,32-28+,36-34+. The van der Waals surface area contributed by atoms with E-state index in [9.17, 15) is 19.8 Å². The minimum Gasteiger partial charge on any atom is -0.462 e. The Morgan fingerprint density at radius 1 is 0.455 bits per heavy atom. The number of allylic oxidation sites excluding steroid dienone is 12. The molecule has 3 atom stereocenters. The quantitative estimate of drug-likeness (QED) is 0.0244. The van der Waals surface area contributed by atoms with Crippen LogP contribution >= 0.6 is 0 Å². The molecule has 0 aliphatic heterocycles. The van der Waals surface area contributed by atoms with Crippen LogP contribution in [0.3, 0.4) is 0 Å². The molecule has 0 aliphatic carbocycles. The molecule has 0 heterocycles. The number of rotatable bonds is 50. The Bertz CT molecular complexity index is 1220. The number of unbranched alkanes of at least 4 members (excludes halogenated alkanes) is 28. The van der Waals surface area contributed by atoms with Crippen molar-refractivity contribution in [2.75, 3.05) is 6.61 Å². The topological polar surface area (TPSA) is 95.9 Å². The van der Waals surface area contributed by atoms with Gasteiger partial charge < -0.3 is 20.3 Å². The zero-order valence-corrected chi connectivity index (χ0v) is 43.6. The Morgan fingerprint density at radius 2 is 0.833 bits per heavy atom. The van der Waals surface area contributed by atoms with Crippen molar-refractivity contribution in [2.45, 2.75) is 289 Å². The van der Waals surface area contributed by atoms with Crippen LogP contribution in [0.4, 0.5) is 0 Å². The highest BCUT2D eigenvalue weighted by molar-refractivity contribution is 5.77. The maximum atomic E-state index is 13.2. The van der Waals surface area contributed by atoms with Gasteiger partial charge in [-0.25, -0.2) is 0 Å². The van der Waals surface area contributed by atoms with Gasteiger partial charge in [0.1, 0.15) is 6.10 Å². The number of amides is 1. The predicted octanol–water partition coefficient (Wildman–Crippen LogP) is 17.3. The second-order valence-electron chi connectivity index (χ2n) is 19.0. The molecule has 1 amide bonds. The molecule has 0 bridgehead atoms. The van der Waals surface area contributed by atoms with Gasteiger partial charge in [0.2, 0.25) is 5.91 Å². The van der Waals surface area contributed by atoms with E-state index in [1.165, 1.54) is 135 Å². The van der Waals surface area contributed by atoms with Crippen LogP contribution in [0.25, 0.3) is 0 Å². The predicted molar refractivity (Wildman–Crippen MR) is 287 cm³/mol. The number of aliphatic hydroxyl groups excluding tert-OH is 2. The molecule has 0 aromatic heterocycles. The summed E-state index contributed by atoms with van der Waals surface area (Å²) in [5.74, 6) is -0.519. The van der Waals surface area contributed by atoms with E-state index >= 15 is 0 Å². The smallest absolute Gasteiger partial charge is 0.306 e. The Hall–Kier alpha value is -2.70. The molecule has 0 spiro atoms. The summed E-state index contributed by atoms with van der Waals surface area (Å²) in [5.41, 5.74) is 0. The fourth-order valence-electron chi connectivity index (χ4n) is 8.26. The molecule has 6 heteroatoms. The van der Waals surface area contributed by atoms with Crippen LogP contribution in [0.2, 0.25) is 0 Å². The summed E-state index contributed by atoms with van der Waals surface area (Å²) >= 11 is 0. The van der Waals surface area contributed by atoms with Gasteiger partial charge in [-0.2, -0.15) is 0 Å². The molecule has 3 unspecified atom stereocenters. The third kappa shape index (κ3) is 47.8. The summed E-state index contributed by atoms with van der Waals surface area (Å²) in [6, 6.07) is -0.719. The third-order valence-corrected chi connectivity index (χ3v) is 12.6. The lowest BCUT2D eigenvalue weighted by molar-refractivity contribution is -0.151. The second-order valence-corrected chi connectivity index (χ2v) is 19.0. The number of carbonyl (C=O) groups is 2. The van der Waals surface area contributed by atoms with Crippen LogP contribution in [0.15, 0.2) is 72.9 Å². The van der Waals surface area contributed by atoms with E-state index in [2.05, 4.69) is 99.0 Å². The van der Waals surface area contributed by atoms with Gasteiger partial charge in [0.15, 0.2) is 0 Å². The van der Waals surface area contributed by atoms with E-state index in [0.717, 1.165) is 89.9 Å². The first-order valence-electron chi connectivity index (χ1n) is 28.2. The minimum absolute atomic E-state index is 0.0474. The lowest BCUT2D eigenvalue weighted by Crippen LogP contribution is -2.46. The number of hydrogen-bond donors (Lipinski definition) is 3. The molecule has 0 radical (unpaired) electrons. The highest BCUT2D eigenvalue weighted by atomic mass is 16.5. The largest absolute Gasteiger partial charge is 0.462 e. The average Bonchev–Trinajstić information content (AvgIpc) is 3.31. The number of esters is 1. The normalized spacial score (nSPS) is 13.7. The van der Waals surface area contributed by atoms with Crippen molar-refractivity contribution >= 4 is 11.9 Å². The molecule has 0 saturated carbocycles. The Labute approximate surface area is 409 Å². The molecular weight excluding hydrogens is 815 g/mol. The number of nitrogens with one attached hydrogen (secondary N) is 1. The van der Waals surface area contributed by atoms with Crippen molar-refractivity contribution in [3.05, 3.63) is 72.9 Å². The summed E-state index contributed by atoms with van der Waals surface area (Å²) in [6.07, 6.45) is 68.1. The fourth-order valence-corrected chi connectivity index (χ4v) is 8.26. The molecule has 0 aromatic rings. The molecule has 66 heavy (non-hydrogen) atoms. The van der Waals surface area contributed by atoms with Crippen LogP contribution in [-0.4, -0.2) is 46.9 Å². The van der Waals surface area contributed by atoms with Gasteiger partial charge in [0, 0.05) is 6.42 Å². The Kier molecular flexibility index (Phi) is 51.1. The van der Waals surface area contributed by atoms with Crippen molar-refractivity contribution in [3.8, 4) is 0 Å². The van der Waals surface area contributed by atoms with E-state index in [0.29, 0.717) is 19.3 Å². The first-order valence-corrected chi connectivity index (χ1v) is 28.2. The monoisotopic (exact) mass is 922 g/mol. The average molecular weight is 923 g/mol.